The lowest BCUT2D eigenvalue weighted by Crippen LogP contribution is -2.27. The Bertz CT molecular complexity index is 478. The van der Waals surface area contributed by atoms with Crippen LogP contribution in [0.4, 0.5) is 0 Å². The van der Waals surface area contributed by atoms with Crippen molar-refractivity contribution in [2.75, 3.05) is 0 Å². The average Bonchev–Trinajstić information content (AvgIpc) is 2.33. The lowest BCUT2D eigenvalue weighted by molar-refractivity contribution is -0.155. The normalized spacial score (nSPS) is 11.0. The monoisotopic (exact) mass is 278 g/mol. The van der Waals surface area contributed by atoms with Crippen LogP contribution in [0.3, 0.4) is 0 Å². The van der Waals surface area contributed by atoms with Gasteiger partial charge in [-0.3, -0.25) is 14.6 Å². The Kier molecular flexibility index (Phi) is 5.67. The maximum Gasteiger partial charge on any atom is 0.306 e. The fraction of sp³-hybridized carbons (Fsp3) is 0.533. The first kappa shape index (κ1) is 16.1. The molecule has 0 atom stereocenters. The Morgan fingerprint density at radius 3 is 2.60 bits per heavy atom. The molecule has 0 fully saturated rings. The SMILES string of the molecule is Cc1cccnc1CNC(=O)CCC(=O)OC(C)(C)C. The summed E-state index contributed by atoms with van der Waals surface area (Å²) in [6, 6.07) is 3.79. The number of pyridine rings is 1. The minimum absolute atomic E-state index is 0.0876. The van der Waals surface area contributed by atoms with E-state index in [1.165, 1.54) is 0 Å². The highest BCUT2D eigenvalue weighted by Gasteiger charge is 2.17. The lowest BCUT2D eigenvalue weighted by Gasteiger charge is -2.19. The van der Waals surface area contributed by atoms with Crippen molar-refractivity contribution in [2.45, 2.75) is 52.7 Å². The summed E-state index contributed by atoms with van der Waals surface area (Å²) in [5, 5.41) is 2.75. The van der Waals surface area contributed by atoms with Crippen LogP contribution in [0.1, 0.15) is 44.9 Å². The number of carbonyl (C=O) groups excluding carboxylic acids is 2. The van der Waals surface area contributed by atoms with E-state index in [4.69, 9.17) is 4.74 Å². The molecule has 110 valence electrons. The van der Waals surface area contributed by atoms with Gasteiger partial charge in [0.2, 0.25) is 5.91 Å². The van der Waals surface area contributed by atoms with Crippen LogP contribution in [-0.2, 0) is 20.9 Å². The number of rotatable bonds is 5. The van der Waals surface area contributed by atoms with Gasteiger partial charge in [0.1, 0.15) is 5.60 Å². The molecule has 20 heavy (non-hydrogen) atoms. The first-order valence-electron chi connectivity index (χ1n) is 6.67. The summed E-state index contributed by atoms with van der Waals surface area (Å²) >= 11 is 0. The number of hydrogen-bond donors (Lipinski definition) is 1. The zero-order valence-electron chi connectivity index (χ0n) is 12.5. The Morgan fingerprint density at radius 2 is 2.00 bits per heavy atom. The van der Waals surface area contributed by atoms with Gasteiger partial charge in [0.25, 0.3) is 0 Å². The molecule has 0 aliphatic carbocycles. The third kappa shape index (κ3) is 6.31. The second kappa shape index (κ2) is 7.03. The van der Waals surface area contributed by atoms with Crippen LogP contribution in [0.25, 0.3) is 0 Å². The van der Waals surface area contributed by atoms with Crippen molar-refractivity contribution in [3.05, 3.63) is 29.6 Å². The summed E-state index contributed by atoms with van der Waals surface area (Å²) in [5.74, 6) is -0.539. The number of nitrogens with zero attached hydrogens (tertiary/aromatic N) is 1. The summed E-state index contributed by atoms with van der Waals surface area (Å²) in [5.41, 5.74) is 1.34. The van der Waals surface area contributed by atoms with Crippen molar-refractivity contribution >= 4 is 11.9 Å². The van der Waals surface area contributed by atoms with Crippen molar-refractivity contribution in [2.24, 2.45) is 0 Å². The summed E-state index contributed by atoms with van der Waals surface area (Å²) in [6.07, 6.45) is 1.90. The number of carbonyl (C=O) groups is 2. The van der Waals surface area contributed by atoms with E-state index in [9.17, 15) is 9.59 Å². The van der Waals surface area contributed by atoms with E-state index in [2.05, 4.69) is 10.3 Å². The maximum atomic E-state index is 11.7. The van der Waals surface area contributed by atoms with Gasteiger partial charge in [0.05, 0.1) is 18.7 Å². The van der Waals surface area contributed by atoms with Crippen molar-refractivity contribution in [1.29, 1.82) is 0 Å². The zero-order chi connectivity index (χ0) is 15.2. The Morgan fingerprint density at radius 1 is 1.30 bits per heavy atom. The molecule has 5 heteroatoms. The fourth-order valence-electron chi connectivity index (χ4n) is 1.58. The van der Waals surface area contributed by atoms with Crippen LogP contribution in [-0.4, -0.2) is 22.5 Å². The Balaban J connectivity index is 2.31. The molecular formula is C15H22N2O3. The van der Waals surface area contributed by atoms with Gasteiger partial charge in [-0.2, -0.15) is 0 Å². The van der Waals surface area contributed by atoms with E-state index in [1.807, 2.05) is 19.1 Å². The number of ether oxygens (including phenoxy) is 1. The third-order valence-corrected chi connectivity index (χ3v) is 2.55. The van der Waals surface area contributed by atoms with Gasteiger partial charge in [0.15, 0.2) is 0 Å². The van der Waals surface area contributed by atoms with Crippen LogP contribution in [0.5, 0.6) is 0 Å². The highest BCUT2D eigenvalue weighted by molar-refractivity contribution is 5.81. The summed E-state index contributed by atoms with van der Waals surface area (Å²) < 4.78 is 5.14. The van der Waals surface area contributed by atoms with Crippen LogP contribution < -0.4 is 5.32 Å². The molecule has 1 amide bonds. The predicted octanol–water partition coefficient (Wildman–Crippen LogP) is 2.13. The zero-order valence-corrected chi connectivity index (χ0v) is 12.5. The van der Waals surface area contributed by atoms with E-state index >= 15 is 0 Å². The van der Waals surface area contributed by atoms with Gasteiger partial charge in [0, 0.05) is 12.6 Å². The second-order valence-electron chi connectivity index (χ2n) is 5.63. The first-order valence-corrected chi connectivity index (χ1v) is 6.67. The smallest absolute Gasteiger partial charge is 0.306 e. The molecule has 0 spiro atoms. The predicted molar refractivity (Wildman–Crippen MR) is 75.9 cm³/mol. The highest BCUT2D eigenvalue weighted by atomic mass is 16.6. The van der Waals surface area contributed by atoms with Crippen LogP contribution in [0.2, 0.25) is 0 Å². The Labute approximate surface area is 119 Å². The van der Waals surface area contributed by atoms with Gasteiger partial charge in [-0.15, -0.1) is 0 Å². The molecule has 0 radical (unpaired) electrons. The van der Waals surface area contributed by atoms with Crippen molar-refractivity contribution in [3.8, 4) is 0 Å². The quantitative estimate of drug-likeness (QED) is 0.838. The van der Waals surface area contributed by atoms with E-state index in [0.717, 1.165) is 11.3 Å². The molecule has 1 aromatic heterocycles. The molecule has 1 aromatic rings. The average molecular weight is 278 g/mol. The van der Waals surface area contributed by atoms with E-state index in [-0.39, 0.29) is 24.7 Å². The van der Waals surface area contributed by atoms with Crippen molar-refractivity contribution in [1.82, 2.24) is 10.3 Å². The number of aryl methyl sites for hydroxylation is 1. The van der Waals surface area contributed by atoms with Crippen molar-refractivity contribution < 1.29 is 14.3 Å². The number of hydrogen-bond acceptors (Lipinski definition) is 4. The maximum absolute atomic E-state index is 11.7. The van der Waals surface area contributed by atoms with E-state index in [0.29, 0.717) is 6.54 Å². The molecule has 5 nitrogen and oxygen atoms in total. The van der Waals surface area contributed by atoms with Gasteiger partial charge in [-0.1, -0.05) is 6.07 Å². The summed E-state index contributed by atoms with van der Waals surface area (Å²) in [7, 11) is 0. The van der Waals surface area contributed by atoms with Gasteiger partial charge in [-0.05, 0) is 39.3 Å². The molecule has 0 unspecified atom stereocenters. The first-order chi connectivity index (χ1) is 9.28. The molecule has 1 heterocycles. The van der Waals surface area contributed by atoms with Crippen LogP contribution >= 0.6 is 0 Å². The van der Waals surface area contributed by atoms with Gasteiger partial charge < -0.3 is 10.1 Å². The molecule has 0 aromatic carbocycles. The standard InChI is InChI=1S/C15H22N2O3/c1-11-6-5-9-16-12(11)10-17-13(18)7-8-14(19)20-15(2,3)4/h5-6,9H,7-8,10H2,1-4H3,(H,17,18). The second-order valence-corrected chi connectivity index (χ2v) is 5.63. The topological polar surface area (TPSA) is 68.3 Å². The molecule has 0 saturated carbocycles. The highest BCUT2D eigenvalue weighted by Crippen LogP contribution is 2.09. The number of aromatic nitrogens is 1. The molecule has 1 rings (SSSR count). The number of nitrogens with one attached hydrogen (secondary N) is 1. The minimum Gasteiger partial charge on any atom is -0.460 e. The molecule has 0 saturated heterocycles. The fourth-order valence-corrected chi connectivity index (χ4v) is 1.58. The Hall–Kier alpha value is -1.91. The van der Waals surface area contributed by atoms with Crippen molar-refractivity contribution in [3.63, 3.8) is 0 Å². The molecule has 0 aliphatic rings. The molecule has 0 bridgehead atoms. The molecule has 0 aliphatic heterocycles. The minimum atomic E-state index is -0.515. The molecule has 1 N–H and O–H groups in total. The van der Waals surface area contributed by atoms with Gasteiger partial charge in [-0.25, -0.2) is 0 Å². The summed E-state index contributed by atoms with van der Waals surface area (Å²) in [4.78, 5) is 27.3. The van der Waals surface area contributed by atoms with E-state index in [1.54, 1.807) is 27.0 Å². The lowest BCUT2D eigenvalue weighted by atomic mass is 10.2. The number of amides is 1. The number of esters is 1. The van der Waals surface area contributed by atoms with Gasteiger partial charge >= 0.3 is 5.97 Å². The third-order valence-electron chi connectivity index (χ3n) is 2.55. The van der Waals surface area contributed by atoms with Crippen LogP contribution in [0, 0.1) is 6.92 Å². The molecular weight excluding hydrogens is 256 g/mol. The van der Waals surface area contributed by atoms with E-state index < -0.39 is 5.60 Å². The summed E-state index contributed by atoms with van der Waals surface area (Å²) in [6.45, 7) is 7.72. The van der Waals surface area contributed by atoms with Crippen LogP contribution in [0.15, 0.2) is 18.3 Å². The largest absolute Gasteiger partial charge is 0.460 e.